The Morgan fingerprint density at radius 3 is 2.42 bits per heavy atom. The summed E-state index contributed by atoms with van der Waals surface area (Å²) in [6, 6.07) is 13.5. The first-order valence-corrected chi connectivity index (χ1v) is 11.5. The molecule has 7 nitrogen and oxygen atoms in total. The van der Waals surface area contributed by atoms with Gasteiger partial charge in [-0.1, -0.05) is 41.4 Å². The van der Waals surface area contributed by atoms with Gasteiger partial charge < -0.3 is 20.1 Å². The molecule has 192 valence electrons. The van der Waals surface area contributed by atoms with E-state index in [0.29, 0.717) is 12.0 Å². The van der Waals surface area contributed by atoms with Crippen molar-refractivity contribution in [2.45, 2.75) is 18.9 Å². The highest BCUT2D eigenvalue weighted by atomic mass is 35.5. The number of anilines is 1. The predicted octanol–water partition coefficient (Wildman–Crippen LogP) is 5.13. The minimum atomic E-state index is -1.09. The van der Waals surface area contributed by atoms with E-state index in [9.17, 15) is 14.0 Å². The van der Waals surface area contributed by atoms with Crippen LogP contribution in [0.3, 0.4) is 0 Å². The molecule has 0 spiro atoms. The van der Waals surface area contributed by atoms with E-state index >= 15 is 0 Å². The maximum Gasteiger partial charge on any atom is 0.328 e. The Bertz CT molecular complexity index is 1190. The van der Waals surface area contributed by atoms with E-state index in [2.05, 4.69) is 15.6 Å². The third-order valence-electron chi connectivity index (χ3n) is 5.10. The molecule has 3 aromatic rings. The molecule has 0 unspecified atom stereocenters. The molecule has 36 heavy (non-hydrogen) atoms. The first kappa shape index (κ1) is 29.2. The van der Waals surface area contributed by atoms with Crippen molar-refractivity contribution < 1.29 is 23.5 Å². The molecule has 1 atom stereocenters. The largest absolute Gasteiger partial charge is 0.490 e. The molecule has 0 radical (unpaired) electrons. The summed E-state index contributed by atoms with van der Waals surface area (Å²) in [5.41, 5.74) is 1.30. The fourth-order valence-corrected chi connectivity index (χ4v) is 3.90. The highest BCUT2D eigenvalue weighted by Crippen LogP contribution is 2.25. The lowest BCUT2D eigenvalue weighted by atomic mass is 10.0. The number of amides is 1. The fraction of sp³-hybridized carbons (Fsp3) is 0.240. The third-order valence-corrected chi connectivity index (χ3v) is 5.73. The van der Waals surface area contributed by atoms with Crippen LogP contribution in [-0.4, -0.2) is 43.7 Å². The van der Waals surface area contributed by atoms with E-state index in [1.54, 1.807) is 19.2 Å². The Morgan fingerprint density at radius 2 is 1.78 bits per heavy atom. The van der Waals surface area contributed by atoms with Crippen LogP contribution in [-0.2, 0) is 22.4 Å². The monoisotopic (exact) mass is 555 g/mol. The molecule has 11 heteroatoms. The van der Waals surface area contributed by atoms with Crippen molar-refractivity contribution in [3.05, 3.63) is 87.3 Å². The Labute approximate surface area is 224 Å². The molecular weight excluding hydrogens is 532 g/mol. The molecular formula is C25H25Cl3FN3O4. The van der Waals surface area contributed by atoms with Crippen molar-refractivity contribution in [1.29, 1.82) is 0 Å². The summed E-state index contributed by atoms with van der Waals surface area (Å²) in [5, 5.41) is 5.80. The van der Waals surface area contributed by atoms with Gasteiger partial charge in [0.05, 0.1) is 29.3 Å². The number of ether oxygens (including phenoxy) is 2. The number of aromatic nitrogens is 1. The summed E-state index contributed by atoms with van der Waals surface area (Å²) in [7, 11) is 2.98. The van der Waals surface area contributed by atoms with Gasteiger partial charge in [0, 0.05) is 25.6 Å². The first-order valence-electron chi connectivity index (χ1n) is 10.7. The summed E-state index contributed by atoms with van der Waals surface area (Å²) in [6.45, 7) is 0.232. The van der Waals surface area contributed by atoms with Crippen molar-refractivity contribution in [2.75, 3.05) is 26.1 Å². The van der Waals surface area contributed by atoms with Gasteiger partial charge in [0.1, 0.15) is 11.9 Å². The smallest absolute Gasteiger partial charge is 0.328 e. The molecule has 0 aliphatic carbocycles. The van der Waals surface area contributed by atoms with Crippen LogP contribution in [0.2, 0.25) is 10.0 Å². The molecule has 1 aromatic heterocycles. The van der Waals surface area contributed by atoms with E-state index in [0.717, 1.165) is 11.5 Å². The van der Waals surface area contributed by atoms with E-state index < -0.39 is 23.7 Å². The van der Waals surface area contributed by atoms with Gasteiger partial charge in [0.15, 0.2) is 11.6 Å². The van der Waals surface area contributed by atoms with Crippen LogP contribution in [0.15, 0.2) is 54.6 Å². The fourth-order valence-electron chi connectivity index (χ4n) is 3.33. The maximum atomic E-state index is 14.7. The van der Waals surface area contributed by atoms with E-state index in [1.165, 1.54) is 31.4 Å². The molecule has 0 aliphatic rings. The van der Waals surface area contributed by atoms with Gasteiger partial charge >= 0.3 is 5.97 Å². The van der Waals surface area contributed by atoms with Crippen molar-refractivity contribution in [3.63, 3.8) is 0 Å². The number of nitrogens with one attached hydrogen (secondary N) is 2. The second kappa shape index (κ2) is 13.9. The molecule has 0 saturated carbocycles. The van der Waals surface area contributed by atoms with Crippen molar-refractivity contribution in [1.82, 2.24) is 10.3 Å². The normalized spacial score (nSPS) is 11.1. The Balaban J connectivity index is 0.00000456. The number of methoxy groups -OCH3 is 1. The number of pyridine rings is 1. The van der Waals surface area contributed by atoms with Crippen molar-refractivity contribution >= 4 is 53.3 Å². The van der Waals surface area contributed by atoms with Crippen LogP contribution in [0.1, 0.15) is 21.6 Å². The maximum absolute atomic E-state index is 14.7. The van der Waals surface area contributed by atoms with E-state index in [1.807, 2.05) is 18.2 Å². The molecule has 1 heterocycles. The highest BCUT2D eigenvalue weighted by Gasteiger charge is 2.25. The molecule has 0 bridgehead atoms. The number of carbonyl (C=O) groups is 2. The summed E-state index contributed by atoms with van der Waals surface area (Å²) in [6.07, 6.45) is 0.482. The van der Waals surface area contributed by atoms with Crippen molar-refractivity contribution in [3.8, 4) is 5.75 Å². The zero-order valence-electron chi connectivity index (χ0n) is 19.5. The second-order valence-electron chi connectivity index (χ2n) is 7.48. The van der Waals surface area contributed by atoms with Gasteiger partial charge in [-0.05, 0) is 42.0 Å². The van der Waals surface area contributed by atoms with E-state index in [-0.39, 0.29) is 46.8 Å². The van der Waals surface area contributed by atoms with Crippen LogP contribution in [0.5, 0.6) is 5.75 Å². The van der Waals surface area contributed by atoms with Gasteiger partial charge in [0.25, 0.3) is 5.91 Å². The first-order chi connectivity index (χ1) is 16.8. The average Bonchev–Trinajstić information content (AvgIpc) is 2.84. The zero-order valence-corrected chi connectivity index (χ0v) is 21.8. The Morgan fingerprint density at radius 1 is 1.08 bits per heavy atom. The molecule has 3 rings (SSSR count). The minimum absolute atomic E-state index is 0. The average molecular weight is 557 g/mol. The molecule has 2 aromatic carbocycles. The van der Waals surface area contributed by atoms with Gasteiger partial charge in [-0.15, -0.1) is 12.4 Å². The number of halogens is 4. The van der Waals surface area contributed by atoms with Gasteiger partial charge in [-0.3, -0.25) is 4.79 Å². The number of benzene rings is 2. The molecule has 2 N–H and O–H groups in total. The lowest BCUT2D eigenvalue weighted by molar-refractivity contribution is -0.142. The number of esters is 1. The highest BCUT2D eigenvalue weighted by molar-refractivity contribution is 6.39. The Kier molecular flexibility index (Phi) is 11.2. The van der Waals surface area contributed by atoms with Gasteiger partial charge in [0.2, 0.25) is 0 Å². The van der Waals surface area contributed by atoms with Crippen LogP contribution in [0.4, 0.5) is 10.2 Å². The minimum Gasteiger partial charge on any atom is -0.490 e. The van der Waals surface area contributed by atoms with Crippen molar-refractivity contribution in [2.24, 2.45) is 0 Å². The van der Waals surface area contributed by atoms with Crippen LogP contribution in [0.25, 0.3) is 0 Å². The molecule has 0 fully saturated rings. The van der Waals surface area contributed by atoms with E-state index in [4.69, 9.17) is 32.7 Å². The number of nitrogens with zero attached hydrogens (tertiary/aromatic N) is 1. The Hall–Kier alpha value is -3.07. The number of hydrogen-bond acceptors (Lipinski definition) is 6. The number of carbonyl (C=O) groups excluding carboxylic acids is 2. The third kappa shape index (κ3) is 7.71. The topological polar surface area (TPSA) is 89.6 Å². The standard InChI is InChI=1S/C25H24Cl2FN3O4.ClH/c1-29-22-8-3-5-16(30-22)11-12-35-21-10-9-15(13-19(21)28)14-20(25(33)34-2)31-24(32)23-17(26)6-4-7-18(23)27;/h3-10,13,20H,11-12,14H2,1-2H3,(H,29,30)(H,31,32);1H/t20-;/m0./s1. The summed E-state index contributed by atoms with van der Waals surface area (Å²) in [5.74, 6) is -1.13. The number of rotatable bonds is 10. The summed E-state index contributed by atoms with van der Waals surface area (Å²) < 4.78 is 25.0. The quantitative estimate of drug-likeness (QED) is 0.337. The predicted molar refractivity (Wildman–Crippen MR) is 140 cm³/mol. The summed E-state index contributed by atoms with van der Waals surface area (Å²) in [4.78, 5) is 29.4. The van der Waals surface area contributed by atoms with Gasteiger partial charge in [-0.25, -0.2) is 14.2 Å². The van der Waals surface area contributed by atoms with Crippen LogP contribution >= 0.6 is 35.6 Å². The molecule has 0 aliphatic heterocycles. The van der Waals surface area contributed by atoms with Crippen LogP contribution < -0.4 is 15.4 Å². The lowest BCUT2D eigenvalue weighted by Gasteiger charge is -2.18. The SMILES string of the molecule is CNc1cccc(CCOc2ccc(C[C@H](NC(=O)c3c(Cl)cccc3Cl)C(=O)OC)cc2F)n1.Cl. The zero-order chi connectivity index (χ0) is 25.4. The lowest BCUT2D eigenvalue weighted by Crippen LogP contribution is -2.43. The number of hydrogen-bond donors (Lipinski definition) is 2. The summed E-state index contributed by atoms with van der Waals surface area (Å²) >= 11 is 12.2. The van der Waals surface area contributed by atoms with Gasteiger partial charge in [-0.2, -0.15) is 0 Å². The molecule has 0 saturated heterocycles. The second-order valence-corrected chi connectivity index (χ2v) is 8.29. The van der Waals surface area contributed by atoms with Crippen LogP contribution in [0, 0.1) is 5.82 Å². The molecule has 1 amide bonds.